The van der Waals surface area contributed by atoms with Crippen molar-refractivity contribution >= 4 is 35.1 Å². The smallest absolute Gasteiger partial charge is 0.228 e. The van der Waals surface area contributed by atoms with E-state index in [-0.39, 0.29) is 24.2 Å². The fourth-order valence-corrected chi connectivity index (χ4v) is 1.90. The van der Waals surface area contributed by atoms with Gasteiger partial charge >= 0.3 is 0 Å². The predicted octanol–water partition coefficient (Wildman–Crippen LogP) is 2.66. The summed E-state index contributed by atoms with van der Waals surface area (Å²) in [7, 11) is 0. The normalized spacial score (nSPS) is 15.7. The summed E-state index contributed by atoms with van der Waals surface area (Å²) in [6, 6.07) is 5.51. The van der Waals surface area contributed by atoms with E-state index < -0.39 is 0 Å². The zero-order valence-electron chi connectivity index (χ0n) is 11.3. The number of hydrogen-bond donors (Lipinski definition) is 2. The second-order valence-corrected chi connectivity index (χ2v) is 5.13. The number of nitrogens with zero attached hydrogens (tertiary/aromatic N) is 1. The average molecular weight is 296 g/mol. The number of fused-ring (bicyclic) bond motifs is 1. The number of hydrogen-bond acceptors (Lipinski definition) is 4. The number of nitrogens with one attached hydrogen (secondary N) is 1. The average Bonchev–Trinajstić information content (AvgIpc) is 3.17. The van der Waals surface area contributed by atoms with Crippen LogP contribution < -0.4 is 11.1 Å². The zero-order valence-corrected chi connectivity index (χ0v) is 12.1. The molecule has 1 amide bonds. The molecule has 0 bridgehead atoms. The number of halogens is 1. The van der Waals surface area contributed by atoms with Gasteiger partial charge in [-0.1, -0.05) is 6.92 Å². The minimum atomic E-state index is -0.199. The quantitative estimate of drug-likeness (QED) is 0.908. The molecule has 1 aromatic heterocycles. The molecular weight excluding hydrogens is 278 g/mol. The third-order valence-electron chi connectivity index (χ3n) is 3.40. The molecule has 0 aliphatic heterocycles. The third kappa shape index (κ3) is 2.94. The number of nitrogens with two attached hydrogens (primary N) is 1. The fraction of sp³-hybridized carbons (Fsp3) is 0.429. The van der Waals surface area contributed by atoms with E-state index in [0.717, 1.165) is 35.5 Å². The Hall–Kier alpha value is -1.59. The highest BCUT2D eigenvalue weighted by atomic mass is 35.5. The number of rotatable bonds is 4. The Morgan fingerprint density at radius 3 is 2.95 bits per heavy atom. The molecule has 0 saturated heterocycles. The van der Waals surface area contributed by atoms with Crippen LogP contribution in [0, 0.1) is 5.92 Å². The number of benzene rings is 1. The van der Waals surface area contributed by atoms with Gasteiger partial charge in [0.25, 0.3) is 0 Å². The summed E-state index contributed by atoms with van der Waals surface area (Å²) >= 11 is 0. The van der Waals surface area contributed by atoms with E-state index >= 15 is 0 Å². The summed E-state index contributed by atoms with van der Waals surface area (Å²) in [5.74, 6) is 1.03. The Morgan fingerprint density at radius 1 is 1.55 bits per heavy atom. The van der Waals surface area contributed by atoms with Gasteiger partial charge in [0.1, 0.15) is 5.52 Å². The molecule has 1 heterocycles. The van der Waals surface area contributed by atoms with Crippen LogP contribution >= 0.6 is 12.4 Å². The largest absolute Gasteiger partial charge is 0.440 e. The molecule has 2 aromatic rings. The molecule has 108 valence electrons. The molecule has 1 aliphatic carbocycles. The predicted molar refractivity (Wildman–Crippen MR) is 80.1 cm³/mol. The first-order valence-electron chi connectivity index (χ1n) is 6.59. The van der Waals surface area contributed by atoms with Gasteiger partial charge in [-0.15, -0.1) is 12.4 Å². The maximum atomic E-state index is 11.8. The first-order valence-corrected chi connectivity index (χ1v) is 6.59. The Kier molecular flexibility index (Phi) is 4.30. The van der Waals surface area contributed by atoms with Gasteiger partial charge in [0.05, 0.1) is 0 Å². The Labute approximate surface area is 123 Å². The molecule has 0 spiro atoms. The van der Waals surface area contributed by atoms with Crippen molar-refractivity contribution in [3.8, 4) is 0 Å². The van der Waals surface area contributed by atoms with Gasteiger partial charge in [-0.3, -0.25) is 4.79 Å². The molecule has 1 atom stereocenters. The van der Waals surface area contributed by atoms with Crippen LogP contribution in [0.5, 0.6) is 0 Å². The zero-order chi connectivity index (χ0) is 13.4. The lowest BCUT2D eigenvalue weighted by molar-refractivity contribution is -0.119. The topological polar surface area (TPSA) is 81.2 Å². The van der Waals surface area contributed by atoms with E-state index in [2.05, 4.69) is 10.3 Å². The van der Waals surface area contributed by atoms with E-state index in [4.69, 9.17) is 10.2 Å². The highest BCUT2D eigenvalue weighted by molar-refractivity contribution is 5.94. The van der Waals surface area contributed by atoms with Gasteiger partial charge < -0.3 is 15.5 Å². The molecule has 1 aliphatic rings. The maximum Gasteiger partial charge on any atom is 0.228 e. The molecule has 3 N–H and O–H groups in total. The van der Waals surface area contributed by atoms with Crippen LogP contribution in [0.2, 0.25) is 0 Å². The second kappa shape index (κ2) is 5.81. The molecule has 1 fully saturated rings. The Balaban J connectivity index is 0.00000147. The first-order chi connectivity index (χ1) is 9.17. The van der Waals surface area contributed by atoms with E-state index in [9.17, 15) is 4.79 Å². The standard InChI is InChI=1S/C14H17N3O2.ClH/c1-8(7-15)13(18)16-10-4-5-12-11(6-10)17-14(19-12)9-2-3-9;/h4-6,8-9H,2-3,7,15H2,1H3,(H,16,18);1H. The van der Waals surface area contributed by atoms with Gasteiger partial charge in [-0.05, 0) is 31.0 Å². The minimum Gasteiger partial charge on any atom is -0.440 e. The van der Waals surface area contributed by atoms with Crippen LogP contribution in [0.15, 0.2) is 22.6 Å². The SMILES string of the molecule is CC(CN)C(=O)Nc1ccc2oc(C3CC3)nc2c1.Cl. The van der Waals surface area contributed by atoms with E-state index in [1.54, 1.807) is 6.92 Å². The molecule has 5 nitrogen and oxygen atoms in total. The van der Waals surface area contributed by atoms with Crippen molar-refractivity contribution in [1.29, 1.82) is 0 Å². The van der Waals surface area contributed by atoms with Gasteiger partial charge in [-0.2, -0.15) is 0 Å². The summed E-state index contributed by atoms with van der Waals surface area (Å²) in [6.07, 6.45) is 2.31. The van der Waals surface area contributed by atoms with Crippen molar-refractivity contribution in [3.05, 3.63) is 24.1 Å². The molecule has 20 heavy (non-hydrogen) atoms. The molecular formula is C14H18ClN3O2. The highest BCUT2D eigenvalue weighted by Gasteiger charge is 2.28. The van der Waals surface area contributed by atoms with Crippen LogP contribution in [-0.2, 0) is 4.79 Å². The Morgan fingerprint density at radius 2 is 2.30 bits per heavy atom. The van der Waals surface area contributed by atoms with Crippen molar-refractivity contribution in [2.24, 2.45) is 11.7 Å². The number of oxazole rings is 1. The first kappa shape index (κ1) is 14.8. The van der Waals surface area contributed by atoms with Crippen molar-refractivity contribution in [2.45, 2.75) is 25.7 Å². The van der Waals surface area contributed by atoms with Crippen molar-refractivity contribution in [2.75, 3.05) is 11.9 Å². The highest BCUT2D eigenvalue weighted by Crippen LogP contribution is 2.40. The van der Waals surface area contributed by atoms with Gasteiger partial charge in [-0.25, -0.2) is 4.98 Å². The lowest BCUT2D eigenvalue weighted by Crippen LogP contribution is -2.26. The number of aromatic nitrogens is 1. The third-order valence-corrected chi connectivity index (χ3v) is 3.40. The van der Waals surface area contributed by atoms with Crippen molar-refractivity contribution in [1.82, 2.24) is 4.98 Å². The lowest BCUT2D eigenvalue weighted by atomic mass is 10.1. The number of amides is 1. The molecule has 0 radical (unpaired) electrons. The van der Waals surface area contributed by atoms with Gasteiger partial charge in [0.15, 0.2) is 11.5 Å². The monoisotopic (exact) mass is 295 g/mol. The van der Waals surface area contributed by atoms with Crippen molar-refractivity contribution < 1.29 is 9.21 Å². The number of anilines is 1. The molecule has 6 heteroatoms. The molecule has 1 aromatic carbocycles. The van der Waals surface area contributed by atoms with E-state index in [0.29, 0.717) is 12.5 Å². The van der Waals surface area contributed by atoms with E-state index in [1.807, 2.05) is 18.2 Å². The van der Waals surface area contributed by atoms with E-state index in [1.165, 1.54) is 0 Å². The fourth-order valence-electron chi connectivity index (χ4n) is 1.90. The summed E-state index contributed by atoms with van der Waals surface area (Å²) < 4.78 is 5.68. The number of carbonyl (C=O) groups is 1. The van der Waals surface area contributed by atoms with Gasteiger partial charge in [0, 0.05) is 24.1 Å². The summed E-state index contributed by atoms with van der Waals surface area (Å²) in [5, 5.41) is 2.84. The van der Waals surface area contributed by atoms with Crippen LogP contribution in [0.1, 0.15) is 31.6 Å². The van der Waals surface area contributed by atoms with Crippen molar-refractivity contribution in [3.63, 3.8) is 0 Å². The van der Waals surface area contributed by atoms with Crippen LogP contribution in [-0.4, -0.2) is 17.4 Å². The van der Waals surface area contributed by atoms with Crippen LogP contribution in [0.3, 0.4) is 0 Å². The Bertz CT molecular complexity index is 622. The second-order valence-electron chi connectivity index (χ2n) is 5.13. The van der Waals surface area contributed by atoms with Crippen LogP contribution in [0.4, 0.5) is 5.69 Å². The molecule has 1 saturated carbocycles. The molecule has 1 unspecified atom stereocenters. The summed E-state index contributed by atoms with van der Waals surface area (Å²) in [5.41, 5.74) is 7.76. The number of carbonyl (C=O) groups excluding carboxylic acids is 1. The minimum absolute atomic E-state index is 0. The summed E-state index contributed by atoms with van der Waals surface area (Å²) in [6.45, 7) is 2.14. The lowest BCUT2D eigenvalue weighted by Gasteiger charge is -2.09. The molecule has 3 rings (SSSR count). The summed E-state index contributed by atoms with van der Waals surface area (Å²) in [4.78, 5) is 16.2. The maximum absolute atomic E-state index is 11.8. The van der Waals surface area contributed by atoms with Crippen LogP contribution in [0.25, 0.3) is 11.1 Å². The van der Waals surface area contributed by atoms with Gasteiger partial charge in [0.2, 0.25) is 5.91 Å².